The normalized spacial score (nSPS) is 10.4. The second kappa shape index (κ2) is 11.4. The van der Waals surface area contributed by atoms with Crippen LogP contribution in [-0.4, -0.2) is 23.0 Å². The smallest absolute Gasteiger partial charge is 0.417 e. The molecule has 0 aromatic heterocycles. The lowest BCUT2D eigenvalue weighted by Gasteiger charge is -2.12. The van der Waals surface area contributed by atoms with Crippen molar-refractivity contribution >= 4 is 17.5 Å². The van der Waals surface area contributed by atoms with Gasteiger partial charge in [0.2, 0.25) is 0 Å². The molecule has 0 saturated heterocycles. The van der Waals surface area contributed by atoms with E-state index < -0.39 is 6.09 Å². The van der Waals surface area contributed by atoms with Gasteiger partial charge < -0.3 is 25.2 Å². The molecule has 0 spiro atoms. The molecule has 0 aliphatic rings. The van der Waals surface area contributed by atoms with Gasteiger partial charge in [0, 0.05) is 23.5 Å². The van der Waals surface area contributed by atoms with Crippen LogP contribution in [0.15, 0.2) is 97.1 Å². The number of carbonyl (C=O) groups excluding carboxylic acids is 1. The quantitative estimate of drug-likeness (QED) is 0.107. The lowest BCUT2D eigenvalue weighted by atomic mass is 10.0. The largest absolute Gasteiger partial charge is 0.508 e. The maximum Gasteiger partial charge on any atom is 0.417 e. The van der Waals surface area contributed by atoms with Crippen molar-refractivity contribution in [1.82, 2.24) is 0 Å². The van der Waals surface area contributed by atoms with E-state index in [1.54, 1.807) is 36.4 Å². The number of nitrogens with one attached hydrogen (secondary N) is 2. The van der Waals surface area contributed by atoms with Crippen LogP contribution < -0.4 is 20.3 Å². The molecule has 0 unspecified atom stereocenters. The molecule has 4 N–H and O–H groups in total. The molecule has 0 atom stereocenters. The zero-order chi connectivity index (χ0) is 24.5. The molecule has 4 aromatic rings. The predicted octanol–water partition coefficient (Wildman–Crippen LogP) is 5.68. The zero-order valence-electron chi connectivity index (χ0n) is 18.7. The molecule has 0 aliphatic carbocycles. The van der Waals surface area contributed by atoms with Crippen LogP contribution in [0.2, 0.25) is 0 Å². The number of rotatable bonds is 9. The van der Waals surface area contributed by atoms with Crippen molar-refractivity contribution in [3.8, 4) is 23.0 Å². The van der Waals surface area contributed by atoms with Crippen molar-refractivity contribution in [3.63, 3.8) is 0 Å². The Labute approximate surface area is 202 Å². The zero-order valence-corrected chi connectivity index (χ0v) is 18.7. The molecule has 8 nitrogen and oxygen atoms in total. The van der Waals surface area contributed by atoms with E-state index in [0.29, 0.717) is 17.9 Å². The number of carbonyl (C=O) groups is 1. The summed E-state index contributed by atoms with van der Waals surface area (Å²) in [6.45, 7) is 0.114. The van der Waals surface area contributed by atoms with Gasteiger partial charge in [0.1, 0.15) is 17.2 Å². The van der Waals surface area contributed by atoms with Crippen molar-refractivity contribution in [1.29, 1.82) is 0 Å². The Morgan fingerprint density at radius 2 is 1.46 bits per heavy atom. The van der Waals surface area contributed by atoms with Crippen LogP contribution in [0, 0.1) is 0 Å². The molecular formula is C27H24N2O6. The van der Waals surface area contributed by atoms with E-state index in [1.807, 2.05) is 42.5 Å². The minimum absolute atomic E-state index is 0.0178. The van der Waals surface area contributed by atoms with E-state index >= 15 is 0 Å². The fourth-order valence-electron chi connectivity index (χ4n) is 3.29. The number of para-hydroxylation sites is 1. The molecule has 4 rings (SSSR count). The van der Waals surface area contributed by atoms with E-state index in [4.69, 9.17) is 14.5 Å². The average molecular weight is 472 g/mol. The second-order valence-corrected chi connectivity index (χ2v) is 7.56. The van der Waals surface area contributed by atoms with Gasteiger partial charge in [0.25, 0.3) is 0 Å². The monoisotopic (exact) mass is 472 g/mol. The maximum absolute atomic E-state index is 12.3. The van der Waals surface area contributed by atoms with Gasteiger partial charge in [0.05, 0.1) is 0 Å². The van der Waals surface area contributed by atoms with E-state index in [1.165, 1.54) is 18.2 Å². The van der Waals surface area contributed by atoms with Crippen molar-refractivity contribution in [3.05, 3.63) is 108 Å². The number of anilines is 2. The van der Waals surface area contributed by atoms with E-state index in [0.717, 1.165) is 16.8 Å². The van der Waals surface area contributed by atoms with Crippen LogP contribution in [0.3, 0.4) is 0 Å². The van der Waals surface area contributed by atoms with Gasteiger partial charge in [-0.3, -0.25) is 5.32 Å². The number of hydrogen-bond acceptors (Lipinski definition) is 7. The van der Waals surface area contributed by atoms with Crippen LogP contribution >= 0.6 is 0 Å². The highest BCUT2D eigenvalue weighted by atomic mass is 17.2. The predicted molar refractivity (Wildman–Crippen MR) is 132 cm³/mol. The molecular weight excluding hydrogens is 448 g/mol. The minimum atomic E-state index is -0.643. The van der Waals surface area contributed by atoms with E-state index in [-0.39, 0.29) is 24.0 Å². The average Bonchev–Trinajstić information content (AvgIpc) is 2.84. The first kappa shape index (κ1) is 23.5. The van der Waals surface area contributed by atoms with Crippen LogP contribution in [0.5, 0.6) is 23.0 Å². The number of amides is 1. The van der Waals surface area contributed by atoms with Gasteiger partial charge in [-0.2, -0.15) is 4.89 Å². The molecule has 0 bridgehead atoms. The Bertz CT molecular complexity index is 1280. The third-order valence-electron chi connectivity index (χ3n) is 4.94. The Kier molecular flexibility index (Phi) is 7.67. The summed E-state index contributed by atoms with van der Waals surface area (Å²) >= 11 is 0. The molecule has 4 aromatic carbocycles. The van der Waals surface area contributed by atoms with Crippen LogP contribution in [-0.2, 0) is 11.3 Å². The molecule has 1 amide bonds. The van der Waals surface area contributed by atoms with Crippen LogP contribution in [0.25, 0.3) is 0 Å². The molecule has 8 heteroatoms. The molecule has 35 heavy (non-hydrogen) atoms. The van der Waals surface area contributed by atoms with Crippen LogP contribution in [0.1, 0.15) is 11.1 Å². The Morgan fingerprint density at radius 1 is 0.771 bits per heavy atom. The summed E-state index contributed by atoms with van der Waals surface area (Å²) in [5.41, 5.74) is 3.44. The molecule has 178 valence electrons. The molecule has 0 fully saturated rings. The summed E-state index contributed by atoms with van der Waals surface area (Å²) in [6.07, 6.45) is -0.0458. The highest BCUT2D eigenvalue weighted by Crippen LogP contribution is 2.22. The number of phenols is 2. The third kappa shape index (κ3) is 7.15. The summed E-state index contributed by atoms with van der Waals surface area (Å²) in [5, 5.41) is 24.8. The first-order valence-electron chi connectivity index (χ1n) is 10.8. The molecule has 0 heterocycles. The van der Waals surface area contributed by atoms with Gasteiger partial charge in [-0.25, -0.2) is 4.79 Å². The Hall–Kier alpha value is -4.69. The maximum atomic E-state index is 12.3. The van der Waals surface area contributed by atoms with Gasteiger partial charge >= 0.3 is 6.09 Å². The fourth-order valence-corrected chi connectivity index (χ4v) is 3.29. The van der Waals surface area contributed by atoms with Crippen LogP contribution in [0.4, 0.5) is 16.2 Å². The highest BCUT2D eigenvalue weighted by molar-refractivity contribution is 5.87. The SMILES string of the molecule is O=C(Nc1ccccc1Cc1ccc(NCOOc2cccc(O)c2)cc1)Oc1cccc(O)c1. The van der Waals surface area contributed by atoms with Gasteiger partial charge in [0.15, 0.2) is 12.5 Å². The summed E-state index contributed by atoms with van der Waals surface area (Å²) in [6, 6.07) is 27.6. The Balaban J connectivity index is 1.29. The highest BCUT2D eigenvalue weighted by Gasteiger charge is 2.10. The second-order valence-electron chi connectivity index (χ2n) is 7.56. The van der Waals surface area contributed by atoms with Crippen molar-refractivity contribution in [2.75, 3.05) is 17.4 Å². The van der Waals surface area contributed by atoms with Gasteiger partial charge in [-0.05, 0) is 60.0 Å². The number of phenolic OH excluding ortho intramolecular Hbond substituents is 2. The molecule has 0 radical (unpaired) electrons. The van der Waals surface area contributed by atoms with Gasteiger partial charge in [-0.15, -0.1) is 0 Å². The van der Waals surface area contributed by atoms with Crippen molar-refractivity contribution < 1.29 is 29.5 Å². The third-order valence-corrected chi connectivity index (χ3v) is 4.94. The van der Waals surface area contributed by atoms with Crippen molar-refractivity contribution in [2.24, 2.45) is 0 Å². The molecule has 0 aliphatic heterocycles. The first-order chi connectivity index (χ1) is 17.0. The number of benzene rings is 4. The lowest BCUT2D eigenvalue weighted by Crippen LogP contribution is -2.17. The fraction of sp³-hybridized carbons (Fsp3) is 0.0741. The molecule has 0 saturated carbocycles. The summed E-state index contributed by atoms with van der Waals surface area (Å²) in [7, 11) is 0. The first-order valence-corrected chi connectivity index (χ1v) is 10.8. The van der Waals surface area contributed by atoms with E-state index in [2.05, 4.69) is 10.6 Å². The minimum Gasteiger partial charge on any atom is -0.508 e. The topological polar surface area (TPSA) is 109 Å². The summed E-state index contributed by atoms with van der Waals surface area (Å²) in [4.78, 5) is 22.6. The summed E-state index contributed by atoms with van der Waals surface area (Å²) in [5.74, 6) is 0.767. The lowest BCUT2D eigenvalue weighted by molar-refractivity contribution is -0.199. The number of ether oxygens (including phenoxy) is 1. The Morgan fingerprint density at radius 3 is 2.20 bits per heavy atom. The van der Waals surface area contributed by atoms with Crippen molar-refractivity contribution in [2.45, 2.75) is 6.42 Å². The standard InChI is InChI=1S/C27H24N2O6/c30-22-6-3-8-24(16-22)34-27(32)29-26-10-2-1-5-20(26)15-19-11-13-21(14-12-19)28-18-33-35-25-9-4-7-23(31)17-25/h1-14,16-17,28,30-31H,15,18H2,(H,29,32). The van der Waals surface area contributed by atoms with Gasteiger partial charge in [-0.1, -0.05) is 42.5 Å². The van der Waals surface area contributed by atoms with E-state index in [9.17, 15) is 15.0 Å². The summed E-state index contributed by atoms with van der Waals surface area (Å²) < 4.78 is 5.25. The number of hydrogen-bond donors (Lipinski definition) is 4. The number of aromatic hydroxyl groups is 2.